The molecule has 0 spiro atoms. The molecule has 6 nitrogen and oxygen atoms in total. The molecule has 0 unspecified atom stereocenters. The molecule has 1 saturated carbocycles. The van der Waals surface area contributed by atoms with Gasteiger partial charge in [0.15, 0.2) is 0 Å². The Hall–Kier alpha value is -3.33. The van der Waals surface area contributed by atoms with E-state index < -0.39 is 0 Å². The molecule has 2 aromatic heterocycles. The van der Waals surface area contributed by atoms with Crippen molar-refractivity contribution in [2.45, 2.75) is 13.3 Å². The van der Waals surface area contributed by atoms with Crippen LogP contribution in [-0.2, 0) is 11.8 Å². The molecule has 1 aliphatic rings. The maximum Gasteiger partial charge on any atom is 0.230 e. The van der Waals surface area contributed by atoms with E-state index in [1.807, 2.05) is 25.2 Å². The first-order valence-electron chi connectivity index (χ1n) is 8.50. The Morgan fingerprint density at radius 3 is 2.85 bits per heavy atom. The second-order valence-corrected chi connectivity index (χ2v) is 6.84. The number of nitrogens with zero attached hydrogens (tertiary/aromatic N) is 3. The Kier molecular flexibility index (Phi) is 3.66. The van der Waals surface area contributed by atoms with Crippen LogP contribution in [0.25, 0.3) is 22.0 Å². The van der Waals surface area contributed by atoms with Crippen molar-refractivity contribution in [3.63, 3.8) is 0 Å². The van der Waals surface area contributed by atoms with Gasteiger partial charge in [0.1, 0.15) is 5.82 Å². The van der Waals surface area contributed by atoms with Crippen molar-refractivity contribution in [3.05, 3.63) is 42.2 Å². The average Bonchev–Trinajstić information content (AvgIpc) is 3.34. The first kappa shape index (κ1) is 16.2. The fourth-order valence-electron chi connectivity index (χ4n) is 3.25. The molecule has 26 heavy (non-hydrogen) atoms. The SMILES string of the molecule is Cc1ccc(-c2cc(N)c3cnc(NC(=O)[C@H]4C[C@@H]4C#N)cc3c2)n1C. The number of pyridine rings is 1. The maximum absolute atomic E-state index is 12.2. The molecule has 3 N–H and O–H groups in total. The highest BCUT2D eigenvalue weighted by Crippen LogP contribution is 2.38. The average molecular weight is 345 g/mol. The summed E-state index contributed by atoms with van der Waals surface area (Å²) < 4.78 is 2.11. The largest absolute Gasteiger partial charge is 0.398 e. The van der Waals surface area contributed by atoms with Crippen LogP contribution in [0.15, 0.2) is 36.5 Å². The van der Waals surface area contributed by atoms with E-state index in [2.05, 4.69) is 40.0 Å². The summed E-state index contributed by atoms with van der Waals surface area (Å²) in [6.45, 7) is 2.05. The van der Waals surface area contributed by atoms with E-state index in [9.17, 15) is 4.79 Å². The zero-order chi connectivity index (χ0) is 18.4. The number of rotatable bonds is 3. The first-order valence-corrected chi connectivity index (χ1v) is 8.50. The van der Waals surface area contributed by atoms with E-state index in [-0.39, 0.29) is 17.7 Å². The Labute approximate surface area is 151 Å². The summed E-state index contributed by atoms with van der Waals surface area (Å²) in [7, 11) is 2.02. The number of nitrogens with two attached hydrogens (primary N) is 1. The Bertz CT molecular complexity index is 1080. The molecule has 130 valence electrons. The Morgan fingerprint density at radius 1 is 1.38 bits per heavy atom. The molecule has 0 bridgehead atoms. The lowest BCUT2D eigenvalue weighted by atomic mass is 10.0. The number of benzene rings is 1. The van der Waals surface area contributed by atoms with Gasteiger partial charge in [-0.1, -0.05) is 0 Å². The molecule has 1 amide bonds. The normalized spacial score (nSPS) is 18.5. The molecule has 0 saturated heterocycles. The van der Waals surface area contributed by atoms with Gasteiger partial charge in [-0.3, -0.25) is 4.79 Å². The molecule has 4 rings (SSSR count). The summed E-state index contributed by atoms with van der Waals surface area (Å²) >= 11 is 0. The lowest BCUT2D eigenvalue weighted by Crippen LogP contribution is -2.15. The van der Waals surface area contributed by atoms with Gasteiger partial charge in [-0.15, -0.1) is 0 Å². The number of fused-ring (bicyclic) bond motifs is 1. The van der Waals surface area contributed by atoms with Gasteiger partial charge in [-0.2, -0.15) is 5.26 Å². The standard InChI is InChI=1S/C20H19N5O/c1-11-3-4-18(25(11)2)13-5-12-8-19(23-10-16(12)17(22)7-13)24-20(26)15-6-14(15)9-21/h3-5,7-8,10,14-15H,6,22H2,1-2H3,(H,23,24,26)/t14-,15+/m1/s1. The fourth-order valence-corrected chi connectivity index (χ4v) is 3.25. The van der Waals surface area contributed by atoms with Crippen molar-refractivity contribution in [2.24, 2.45) is 18.9 Å². The van der Waals surface area contributed by atoms with Crippen molar-refractivity contribution < 1.29 is 4.79 Å². The van der Waals surface area contributed by atoms with Crippen molar-refractivity contribution in [3.8, 4) is 17.3 Å². The monoisotopic (exact) mass is 345 g/mol. The number of hydrogen-bond donors (Lipinski definition) is 2. The van der Waals surface area contributed by atoms with Crippen LogP contribution in [0.2, 0.25) is 0 Å². The molecule has 1 aliphatic carbocycles. The van der Waals surface area contributed by atoms with Gasteiger partial charge in [0.2, 0.25) is 5.91 Å². The predicted molar refractivity (Wildman–Crippen MR) is 101 cm³/mol. The summed E-state index contributed by atoms with van der Waals surface area (Å²) in [5.41, 5.74) is 10.1. The number of nitrogen functional groups attached to an aromatic ring is 1. The Morgan fingerprint density at radius 2 is 2.19 bits per heavy atom. The second kappa shape index (κ2) is 5.88. The van der Waals surface area contributed by atoms with Gasteiger partial charge in [0, 0.05) is 41.3 Å². The lowest BCUT2D eigenvalue weighted by molar-refractivity contribution is -0.117. The smallest absolute Gasteiger partial charge is 0.230 e. The number of nitrogens with one attached hydrogen (secondary N) is 1. The molecule has 1 aromatic carbocycles. The van der Waals surface area contributed by atoms with E-state index in [1.165, 1.54) is 0 Å². The van der Waals surface area contributed by atoms with Crippen LogP contribution in [0.3, 0.4) is 0 Å². The first-order chi connectivity index (χ1) is 12.5. The van der Waals surface area contributed by atoms with Gasteiger partial charge in [-0.25, -0.2) is 4.98 Å². The molecule has 2 atom stereocenters. The van der Waals surface area contributed by atoms with E-state index >= 15 is 0 Å². The Balaban J connectivity index is 1.69. The summed E-state index contributed by atoms with van der Waals surface area (Å²) in [5, 5.41) is 13.4. The third-order valence-corrected chi connectivity index (χ3v) is 5.08. The van der Waals surface area contributed by atoms with Gasteiger partial charge < -0.3 is 15.6 Å². The highest BCUT2D eigenvalue weighted by atomic mass is 16.2. The van der Waals surface area contributed by atoms with Gasteiger partial charge >= 0.3 is 0 Å². The molecule has 1 fully saturated rings. The van der Waals surface area contributed by atoms with Crippen LogP contribution in [0, 0.1) is 30.1 Å². The maximum atomic E-state index is 12.2. The minimum Gasteiger partial charge on any atom is -0.398 e. The van der Waals surface area contributed by atoms with Gasteiger partial charge in [0.25, 0.3) is 0 Å². The molecule has 3 aromatic rings. The molecule has 0 aliphatic heterocycles. The zero-order valence-electron chi connectivity index (χ0n) is 14.7. The van der Waals surface area contributed by atoms with Crippen LogP contribution < -0.4 is 11.1 Å². The van der Waals surface area contributed by atoms with E-state index in [4.69, 9.17) is 11.0 Å². The molecule has 2 heterocycles. The van der Waals surface area contributed by atoms with Crippen molar-refractivity contribution >= 4 is 28.2 Å². The summed E-state index contributed by atoms with van der Waals surface area (Å²) in [4.78, 5) is 16.4. The number of anilines is 2. The minimum atomic E-state index is -0.222. The van der Waals surface area contributed by atoms with Gasteiger partial charge in [-0.05, 0) is 49.1 Å². The number of carbonyl (C=O) groups excluding carboxylic acids is 1. The second-order valence-electron chi connectivity index (χ2n) is 6.84. The van der Waals surface area contributed by atoms with E-state index in [0.29, 0.717) is 17.9 Å². The number of amides is 1. The van der Waals surface area contributed by atoms with Gasteiger partial charge in [0.05, 0.1) is 17.9 Å². The van der Waals surface area contributed by atoms with Crippen LogP contribution in [0.4, 0.5) is 11.5 Å². The highest BCUT2D eigenvalue weighted by molar-refractivity contribution is 6.00. The predicted octanol–water partition coefficient (Wildman–Crippen LogP) is 3.23. The van der Waals surface area contributed by atoms with Crippen LogP contribution >= 0.6 is 0 Å². The quantitative estimate of drug-likeness (QED) is 0.712. The molecule has 6 heteroatoms. The number of nitriles is 1. The number of aromatic nitrogens is 2. The van der Waals surface area contributed by atoms with Crippen LogP contribution in [0.1, 0.15) is 12.1 Å². The number of carbonyl (C=O) groups is 1. The van der Waals surface area contributed by atoms with Crippen LogP contribution in [-0.4, -0.2) is 15.5 Å². The van der Waals surface area contributed by atoms with Crippen molar-refractivity contribution in [2.75, 3.05) is 11.1 Å². The number of hydrogen-bond acceptors (Lipinski definition) is 4. The minimum absolute atomic E-state index is 0.148. The van der Waals surface area contributed by atoms with Crippen molar-refractivity contribution in [1.29, 1.82) is 5.26 Å². The molecular weight excluding hydrogens is 326 g/mol. The molecule has 0 radical (unpaired) electrons. The van der Waals surface area contributed by atoms with E-state index in [0.717, 1.165) is 27.7 Å². The third kappa shape index (κ3) is 2.68. The van der Waals surface area contributed by atoms with E-state index in [1.54, 1.807) is 6.20 Å². The van der Waals surface area contributed by atoms with Crippen LogP contribution in [0.5, 0.6) is 0 Å². The summed E-state index contributed by atoms with van der Waals surface area (Å²) in [6.07, 6.45) is 2.30. The zero-order valence-corrected chi connectivity index (χ0v) is 14.7. The number of aryl methyl sites for hydroxylation is 1. The fraction of sp³-hybridized carbons (Fsp3) is 0.250. The highest BCUT2D eigenvalue weighted by Gasteiger charge is 2.43. The summed E-state index contributed by atoms with van der Waals surface area (Å²) in [6, 6.07) is 12.1. The van der Waals surface area contributed by atoms with Crippen molar-refractivity contribution in [1.82, 2.24) is 9.55 Å². The lowest BCUT2D eigenvalue weighted by Gasteiger charge is -2.11. The summed E-state index contributed by atoms with van der Waals surface area (Å²) in [5.74, 6) is -0.0604. The third-order valence-electron chi connectivity index (χ3n) is 5.08. The molecular formula is C20H19N5O. The topological polar surface area (TPSA) is 96.7 Å².